The quantitative estimate of drug-likeness (QED) is 0.244. The van der Waals surface area contributed by atoms with Crippen molar-refractivity contribution in [2.24, 2.45) is 0 Å². The van der Waals surface area contributed by atoms with Crippen LogP contribution in [-0.4, -0.2) is 46.5 Å². The minimum absolute atomic E-state index is 0.0161. The van der Waals surface area contributed by atoms with E-state index in [1.807, 2.05) is 0 Å². The molecule has 0 aliphatic heterocycles. The molecule has 7 nitrogen and oxygen atoms in total. The van der Waals surface area contributed by atoms with Crippen LogP contribution in [-0.2, 0) is 22.7 Å². The third kappa shape index (κ3) is 9.91. The highest BCUT2D eigenvalue weighted by molar-refractivity contribution is 7.59. The summed E-state index contributed by atoms with van der Waals surface area (Å²) in [6.45, 7) is -0.381. The van der Waals surface area contributed by atoms with Gasteiger partial charge in [-0.1, -0.05) is 0 Å². The first-order valence-corrected chi connectivity index (χ1v) is 11.6. The van der Waals surface area contributed by atoms with Gasteiger partial charge < -0.3 is 13.6 Å². The van der Waals surface area contributed by atoms with E-state index in [-0.39, 0.29) is 55.1 Å². The Balaban J connectivity index is 5.92. The predicted molar refractivity (Wildman–Crippen MR) is 91.8 cm³/mol. The van der Waals surface area contributed by atoms with Gasteiger partial charge in [-0.15, -0.1) is 46.4 Å². The summed E-state index contributed by atoms with van der Waals surface area (Å²) < 4.78 is 38.9. The van der Waals surface area contributed by atoms with E-state index in [1.165, 1.54) is 0 Å². The molecule has 0 unspecified atom stereocenters. The number of phosphoric ester groups is 1. The molecule has 0 heterocycles. The lowest BCUT2D eigenvalue weighted by molar-refractivity contribution is 0.197. The number of alkyl halides is 4. The first kappa shape index (κ1) is 24.0. The smallest absolute Gasteiger partial charge is 0.396 e. The predicted octanol–water partition coefficient (Wildman–Crippen LogP) is 4.27. The second-order valence-electron chi connectivity index (χ2n) is 3.91. The fourth-order valence-corrected chi connectivity index (χ4v) is 4.93. The summed E-state index contributed by atoms with van der Waals surface area (Å²) in [6, 6.07) is 0. The zero-order valence-electron chi connectivity index (χ0n) is 12.0. The highest BCUT2D eigenvalue weighted by atomic mass is 35.5. The zero-order valence-corrected chi connectivity index (χ0v) is 16.8. The van der Waals surface area contributed by atoms with Crippen LogP contribution in [0.25, 0.3) is 0 Å². The number of rotatable bonds is 13. The first-order valence-electron chi connectivity index (χ1n) is 6.34. The minimum atomic E-state index is -5.03. The van der Waals surface area contributed by atoms with Crippen molar-refractivity contribution in [1.29, 1.82) is 0 Å². The molecule has 0 aromatic rings. The van der Waals surface area contributed by atoms with Gasteiger partial charge in [0.15, 0.2) is 0 Å². The fourth-order valence-electron chi connectivity index (χ4n) is 1.45. The van der Waals surface area contributed by atoms with Crippen molar-refractivity contribution in [3.8, 4) is 0 Å². The van der Waals surface area contributed by atoms with E-state index in [0.717, 1.165) is 0 Å². The van der Waals surface area contributed by atoms with Crippen molar-refractivity contribution in [1.82, 2.24) is 0 Å². The van der Waals surface area contributed by atoms with Crippen molar-refractivity contribution >= 4 is 61.8 Å². The molecule has 0 atom stereocenters. The zero-order chi connectivity index (χ0) is 17.9. The molecule has 0 aromatic heterocycles. The molecule has 0 bridgehead atoms. The highest BCUT2D eigenvalue weighted by Gasteiger charge is 2.39. The minimum Gasteiger partial charge on any atom is -0.396 e. The van der Waals surface area contributed by atoms with Gasteiger partial charge in [0.1, 0.15) is 0 Å². The molecule has 0 aliphatic rings. The van der Waals surface area contributed by atoms with Gasteiger partial charge in [0.25, 0.3) is 0 Å². The summed E-state index contributed by atoms with van der Waals surface area (Å²) in [5, 5.41) is 0. The summed E-state index contributed by atoms with van der Waals surface area (Å²) in [6.07, 6.45) is 0.254. The topological polar surface area (TPSA) is 102 Å². The monoisotopic (exact) mass is 452 g/mol. The second kappa shape index (κ2) is 12.4. The van der Waals surface area contributed by atoms with Crippen LogP contribution in [0.5, 0.6) is 0 Å². The normalized spacial score (nSPS) is 12.3. The summed E-state index contributed by atoms with van der Waals surface area (Å²) >= 11 is 22.3. The Morgan fingerprint density at radius 2 is 1.26 bits per heavy atom. The van der Waals surface area contributed by atoms with Gasteiger partial charge in [0.05, 0.1) is 13.2 Å². The van der Waals surface area contributed by atoms with Crippen LogP contribution in [0.2, 0.25) is 0 Å². The van der Waals surface area contributed by atoms with Crippen molar-refractivity contribution in [3.63, 3.8) is 0 Å². The highest BCUT2D eigenvalue weighted by Crippen LogP contribution is 2.62. The van der Waals surface area contributed by atoms with E-state index in [9.17, 15) is 9.13 Å². The third-order valence-electron chi connectivity index (χ3n) is 2.23. The van der Waals surface area contributed by atoms with Crippen LogP contribution in [0, 0.1) is 0 Å². The van der Waals surface area contributed by atoms with Gasteiger partial charge in [-0.3, -0.25) is 14.4 Å². The van der Waals surface area contributed by atoms with E-state index in [0.29, 0.717) is 0 Å². The lowest BCUT2D eigenvalue weighted by Gasteiger charge is -2.23. The fraction of sp³-hybridized carbons (Fsp3) is 0.800. The maximum atomic E-state index is 12.9. The van der Waals surface area contributed by atoms with Gasteiger partial charge in [0, 0.05) is 23.5 Å². The molecular weight excluding hydrogens is 436 g/mol. The van der Waals surface area contributed by atoms with Crippen molar-refractivity contribution in [2.75, 3.05) is 36.7 Å². The van der Waals surface area contributed by atoms with Crippen molar-refractivity contribution in [3.05, 3.63) is 11.1 Å². The summed E-state index contributed by atoms with van der Waals surface area (Å²) in [4.78, 5) is 18.2. The maximum absolute atomic E-state index is 12.9. The molecule has 0 amide bonds. The number of hydrogen-bond donors (Lipinski definition) is 2. The van der Waals surface area contributed by atoms with Crippen molar-refractivity contribution < 1.29 is 32.5 Å². The Morgan fingerprint density at radius 1 is 0.826 bits per heavy atom. The average molecular weight is 454 g/mol. The Hall–Kier alpha value is 1.00. The Bertz CT molecular complexity index is 448. The van der Waals surface area contributed by atoms with Crippen LogP contribution in [0.15, 0.2) is 11.1 Å². The largest absolute Gasteiger partial charge is 0.525 e. The van der Waals surface area contributed by atoms with E-state index in [2.05, 4.69) is 4.52 Å². The molecule has 0 aromatic carbocycles. The second-order valence-corrected chi connectivity index (χ2v) is 8.50. The number of halogens is 4. The molecule has 0 rings (SSSR count). The standard InChI is InChI=1S/C10H18Cl4O7P2/c11-3-1-9(2-4-12)10(21-23(16,17)18)22(15,19-7-5-13)20-8-6-14/h1-8H2,(H2,16,17,18). The van der Waals surface area contributed by atoms with Gasteiger partial charge in [-0.25, -0.2) is 4.57 Å². The van der Waals surface area contributed by atoms with Crippen LogP contribution >= 0.6 is 61.8 Å². The van der Waals surface area contributed by atoms with Crippen LogP contribution < -0.4 is 0 Å². The Morgan fingerprint density at radius 3 is 1.57 bits per heavy atom. The molecule has 13 heteroatoms. The molecule has 2 N–H and O–H groups in total. The van der Waals surface area contributed by atoms with E-state index in [1.54, 1.807) is 0 Å². The van der Waals surface area contributed by atoms with Gasteiger partial charge in [-0.05, 0) is 18.4 Å². The van der Waals surface area contributed by atoms with Crippen molar-refractivity contribution in [2.45, 2.75) is 12.8 Å². The number of phosphoric acid groups is 1. The Labute approximate surface area is 154 Å². The molecule has 23 heavy (non-hydrogen) atoms. The molecule has 138 valence electrons. The van der Waals surface area contributed by atoms with Crippen LogP contribution in [0.4, 0.5) is 0 Å². The molecule has 0 aliphatic carbocycles. The molecule has 0 saturated heterocycles. The van der Waals surface area contributed by atoms with Gasteiger partial charge >= 0.3 is 15.4 Å². The molecule has 0 radical (unpaired) electrons. The number of hydrogen-bond acceptors (Lipinski definition) is 5. The van der Waals surface area contributed by atoms with Gasteiger partial charge in [0.2, 0.25) is 5.50 Å². The third-order valence-corrected chi connectivity index (χ3v) is 5.43. The average Bonchev–Trinajstić information content (AvgIpc) is 2.47. The lowest BCUT2D eigenvalue weighted by Crippen LogP contribution is -2.08. The molecule has 0 spiro atoms. The Kier molecular flexibility index (Phi) is 12.9. The summed E-state index contributed by atoms with van der Waals surface area (Å²) in [5.74, 6) is 0.145. The molecule has 0 saturated carbocycles. The summed E-state index contributed by atoms with van der Waals surface area (Å²) in [7, 11) is -9.22. The lowest BCUT2D eigenvalue weighted by atomic mass is 10.2. The molecular formula is C10H18Cl4O7P2. The van der Waals surface area contributed by atoms with E-state index >= 15 is 0 Å². The van der Waals surface area contributed by atoms with E-state index < -0.39 is 20.9 Å². The van der Waals surface area contributed by atoms with Crippen LogP contribution in [0.3, 0.4) is 0 Å². The molecule has 0 fully saturated rings. The van der Waals surface area contributed by atoms with Crippen LogP contribution in [0.1, 0.15) is 12.8 Å². The van der Waals surface area contributed by atoms with E-state index in [4.69, 9.17) is 65.2 Å². The first-order chi connectivity index (χ1) is 10.7. The number of allylic oxidation sites excluding steroid dienone is 1. The van der Waals surface area contributed by atoms with Gasteiger partial charge in [-0.2, -0.15) is 0 Å². The SMILES string of the molecule is O=P(O)(O)OC(=C(CCCl)CCCl)P(=O)(OCCCl)OCCCl. The maximum Gasteiger partial charge on any atom is 0.525 e. The summed E-state index contributed by atoms with van der Waals surface area (Å²) in [5.41, 5.74) is -0.367.